The fourth-order valence-electron chi connectivity index (χ4n) is 4.37. The first-order valence-corrected chi connectivity index (χ1v) is 15.4. The number of hydrogen-bond acceptors (Lipinski definition) is 3. The van der Waals surface area contributed by atoms with Crippen molar-refractivity contribution in [2.24, 2.45) is 0 Å². The van der Waals surface area contributed by atoms with Crippen LogP contribution >= 0.6 is 21.6 Å². The molecule has 0 radical (unpaired) electrons. The first-order valence-electron chi connectivity index (χ1n) is 12.0. The van der Waals surface area contributed by atoms with Gasteiger partial charge < -0.3 is 18.8 Å². The third-order valence-corrected chi connectivity index (χ3v) is 8.17. The zero-order valence-corrected chi connectivity index (χ0v) is 22.9. The molecule has 0 spiro atoms. The molecule has 1 unspecified atom stereocenters. The number of likely N-dealkylation sites (tertiary alicyclic amines) is 1. The Balaban J connectivity index is 1.76. The molecular weight excluding hydrogens is 546 g/mol. The minimum Gasteiger partial charge on any atom is -0.360 e. The Hall–Kier alpha value is -2.50. The number of rotatable bonds is 8. The molecule has 2 aromatic heterocycles. The van der Waals surface area contributed by atoms with E-state index in [0.717, 1.165) is 17.9 Å². The van der Waals surface area contributed by atoms with Crippen LogP contribution in [0.4, 0.5) is 17.6 Å². The van der Waals surface area contributed by atoms with Crippen molar-refractivity contribution in [1.29, 1.82) is 0 Å². The highest BCUT2D eigenvalue weighted by Crippen LogP contribution is 2.39. The molecule has 1 atom stereocenters. The van der Waals surface area contributed by atoms with Crippen LogP contribution in [0.5, 0.6) is 0 Å². The lowest BCUT2D eigenvalue weighted by atomic mass is 10.0. The average molecular weight is 576 g/mol. The molecule has 0 N–H and O–H groups in total. The minimum absolute atomic E-state index is 0.0178. The van der Waals surface area contributed by atoms with E-state index in [9.17, 15) is 27.2 Å². The van der Waals surface area contributed by atoms with Gasteiger partial charge in [-0.05, 0) is 49.0 Å². The summed E-state index contributed by atoms with van der Waals surface area (Å²) in [7, 11) is -0.782. The lowest BCUT2D eigenvalue weighted by Gasteiger charge is -2.24. The molecule has 12 heteroatoms. The number of benzene rings is 1. The van der Waals surface area contributed by atoms with Crippen molar-refractivity contribution >= 4 is 38.4 Å². The Morgan fingerprint density at radius 2 is 1.92 bits per heavy atom. The predicted octanol–water partition coefficient (Wildman–Crippen LogP) is 5.38. The van der Waals surface area contributed by atoms with E-state index < -0.39 is 44.4 Å². The van der Waals surface area contributed by atoms with Gasteiger partial charge in [0.2, 0.25) is 5.91 Å². The number of amides is 1. The first kappa shape index (κ1) is 28.5. The van der Waals surface area contributed by atoms with Gasteiger partial charge in [-0.25, -0.2) is 14.4 Å². The molecule has 3 aromatic rings. The number of aromatic nitrogens is 2. The summed E-state index contributed by atoms with van der Waals surface area (Å²) in [6, 6.07) is 5.12. The second kappa shape index (κ2) is 10.9. The van der Waals surface area contributed by atoms with Crippen molar-refractivity contribution in [3.8, 4) is 11.1 Å². The van der Waals surface area contributed by atoms with Gasteiger partial charge in [-0.1, -0.05) is 17.7 Å². The summed E-state index contributed by atoms with van der Waals surface area (Å²) in [5.41, 5.74) is -0.661. The summed E-state index contributed by atoms with van der Waals surface area (Å²) in [5, 5.41) is -0.289. The SMILES string of the molecule is CS(C)(C)CCOCn1cc(-c2ccc(Cl)c(C(F)(F)F)c2)c2c(=O)n(CC(=O)N3CCC(F)C3)ccc21. The van der Waals surface area contributed by atoms with Gasteiger partial charge in [-0.15, -0.1) is 0 Å². The van der Waals surface area contributed by atoms with E-state index in [1.165, 1.54) is 21.7 Å². The van der Waals surface area contributed by atoms with E-state index in [2.05, 4.69) is 18.8 Å². The maximum absolute atomic E-state index is 13.6. The third-order valence-electron chi connectivity index (χ3n) is 6.45. The fraction of sp³-hybridized carbons (Fsp3) is 0.462. The molecule has 1 aromatic carbocycles. The van der Waals surface area contributed by atoms with Gasteiger partial charge in [0.1, 0.15) is 19.4 Å². The second-order valence-corrected chi connectivity index (χ2v) is 15.3. The zero-order chi connectivity index (χ0) is 27.8. The molecule has 6 nitrogen and oxygen atoms in total. The van der Waals surface area contributed by atoms with E-state index in [4.69, 9.17) is 16.3 Å². The summed E-state index contributed by atoms with van der Waals surface area (Å²) in [6.07, 6.45) is 4.02. The number of pyridine rings is 1. The van der Waals surface area contributed by atoms with Crippen LogP contribution in [0.1, 0.15) is 12.0 Å². The summed E-state index contributed by atoms with van der Waals surface area (Å²) in [4.78, 5) is 27.6. The second-order valence-electron chi connectivity index (χ2n) is 10.3. The van der Waals surface area contributed by atoms with Gasteiger partial charge in [-0.3, -0.25) is 9.59 Å². The Morgan fingerprint density at radius 1 is 1.18 bits per heavy atom. The van der Waals surface area contributed by atoms with Gasteiger partial charge >= 0.3 is 6.18 Å². The number of alkyl halides is 4. The van der Waals surface area contributed by atoms with Gasteiger partial charge in [0, 0.05) is 30.3 Å². The van der Waals surface area contributed by atoms with E-state index in [-0.39, 0.29) is 49.3 Å². The minimum atomic E-state index is -4.68. The van der Waals surface area contributed by atoms with Crippen molar-refractivity contribution in [2.75, 3.05) is 44.2 Å². The maximum Gasteiger partial charge on any atom is 0.417 e. The Labute approximate surface area is 224 Å². The number of hydrogen-bond donors (Lipinski definition) is 0. The smallest absolute Gasteiger partial charge is 0.360 e. The monoisotopic (exact) mass is 575 g/mol. The Bertz CT molecular complexity index is 1400. The van der Waals surface area contributed by atoms with E-state index in [1.54, 1.807) is 16.8 Å². The van der Waals surface area contributed by atoms with Crippen LogP contribution in [0, 0.1) is 0 Å². The summed E-state index contributed by atoms with van der Waals surface area (Å²) < 4.78 is 63.0. The largest absolute Gasteiger partial charge is 0.417 e. The molecule has 1 amide bonds. The van der Waals surface area contributed by atoms with Gasteiger partial charge in [0.15, 0.2) is 0 Å². The maximum atomic E-state index is 13.6. The van der Waals surface area contributed by atoms with E-state index in [0.29, 0.717) is 12.1 Å². The van der Waals surface area contributed by atoms with Gasteiger partial charge in [-0.2, -0.15) is 13.2 Å². The van der Waals surface area contributed by atoms with Gasteiger partial charge in [0.25, 0.3) is 5.56 Å². The fourth-order valence-corrected chi connectivity index (χ4v) is 5.21. The third kappa shape index (κ3) is 6.38. The quantitative estimate of drug-likeness (QED) is 0.268. The highest BCUT2D eigenvalue weighted by molar-refractivity contribution is 8.32. The molecule has 1 aliphatic rings. The zero-order valence-electron chi connectivity index (χ0n) is 21.4. The highest BCUT2D eigenvalue weighted by Gasteiger charge is 2.34. The van der Waals surface area contributed by atoms with Crippen LogP contribution in [0.2, 0.25) is 5.02 Å². The number of carbonyl (C=O) groups excluding carboxylic acids is 1. The molecule has 208 valence electrons. The molecule has 0 aliphatic carbocycles. The molecule has 0 saturated carbocycles. The van der Waals surface area contributed by atoms with Crippen LogP contribution < -0.4 is 5.56 Å². The molecular formula is C26H30ClF4N3O3S. The van der Waals surface area contributed by atoms with Crippen LogP contribution in [0.25, 0.3) is 22.0 Å². The van der Waals surface area contributed by atoms with Crippen LogP contribution in [-0.2, 0) is 29.0 Å². The molecule has 38 heavy (non-hydrogen) atoms. The standard InChI is InChI=1S/C26H30ClF4N3O3S/c1-38(2,3)11-10-37-16-34-14-19(17-4-5-21(27)20(12-17)26(29,30)31)24-22(34)7-9-33(25(24)36)15-23(35)32-8-6-18(28)13-32/h4-5,7,9,12,14,18H,6,8,10-11,13,15-16H2,1-3H3. The number of fused-ring (bicyclic) bond motifs is 1. The molecule has 1 fully saturated rings. The van der Waals surface area contributed by atoms with Gasteiger partial charge in [0.05, 0.1) is 34.6 Å². The summed E-state index contributed by atoms with van der Waals surface area (Å²) >= 11 is 5.82. The van der Waals surface area contributed by atoms with Crippen molar-refractivity contribution in [3.05, 3.63) is 57.6 Å². The molecule has 3 heterocycles. The van der Waals surface area contributed by atoms with E-state index in [1.807, 2.05) is 0 Å². The lowest BCUT2D eigenvalue weighted by molar-refractivity contribution is -0.137. The van der Waals surface area contributed by atoms with Crippen molar-refractivity contribution < 1.29 is 27.1 Å². The lowest BCUT2D eigenvalue weighted by Crippen LogP contribution is -2.35. The molecule has 4 rings (SSSR count). The predicted molar refractivity (Wildman–Crippen MR) is 144 cm³/mol. The molecule has 1 saturated heterocycles. The molecule has 0 bridgehead atoms. The Kier molecular flexibility index (Phi) is 8.20. The topological polar surface area (TPSA) is 56.5 Å². The van der Waals surface area contributed by atoms with Crippen molar-refractivity contribution in [2.45, 2.75) is 32.0 Å². The Morgan fingerprint density at radius 3 is 2.55 bits per heavy atom. The first-order chi connectivity index (χ1) is 17.7. The molecule has 1 aliphatic heterocycles. The van der Waals surface area contributed by atoms with Crippen molar-refractivity contribution in [3.63, 3.8) is 0 Å². The number of halogens is 5. The average Bonchev–Trinajstić information content (AvgIpc) is 3.42. The van der Waals surface area contributed by atoms with Crippen molar-refractivity contribution in [1.82, 2.24) is 14.0 Å². The van der Waals surface area contributed by atoms with Crippen LogP contribution in [0.15, 0.2) is 41.5 Å². The number of carbonyl (C=O) groups is 1. The van der Waals surface area contributed by atoms with Crippen LogP contribution in [0.3, 0.4) is 0 Å². The summed E-state index contributed by atoms with van der Waals surface area (Å²) in [5.74, 6) is 0.475. The highest BCUT2D eigenvalue weighted by atomic mass is 35.5. The number of nitrogens with zero attached hydrogens (tertiary/aromatic N) is 3. The van der Waals surface area contributed by atoms with E-state index >= 15 is 0 Å². The van der Waals surface area contributed by atoms with Crippen LogP contribution in [-0.4, -0.2) is 70.3 Å². The summed E-state index contributed by atoms with van der Waals surface area (Å²) in [6.45, 7) is 0.544. The number of ether oxygens (including phenoxy) is 1. The normalized spacial score (nSPS) is 16.9.